The maximum atomic E-state index is 13.2. The highest BCUT2D eigenvalue weighted by Crippen LogP contribution is 2.14. The number of rotatable bonds is 4. The van der Waals surface area contributed by atoms with Crippen molar-refractivity contribution in [1.29, 1.82) is 5.26 Å². The average Bonchev–Trinajstić information content (AvgIpc) is 2.24. The molecule has 0 aromatic heterocycles. The first kappa shape index (κ1) is 13.4. The first-order valence-corrected chi connectivity index (χ1v) is 4.52. The quantitative estimate of drug-likeness (QED) is 0.505. The number of hydroxylamine groups is 1. The molecule has 0 aliphatic rings. The molecule has 1 aromatic carbocycles. The Morgan fingerprint density at radius 1 is 1.35 bits per heavy atom. The van der Waals surface area contributed by atoms with Crippen molar-refractivity contribution < 1.29 is 22.4 Å². The molecule has 0 heterocycles. The van der Waals surface area contributed by atoms with E-state index in [2.05, 4.69) is 4.84 Å². The molecule has 0 atom stereocenters. The molecule has 0 aliphatic carbocycles. The Hall–Kier alpha value is -1.65. The van der Waals surface area contributed by atoms with Gasteiger partial charge in [0, 0.05) is 12.1 Å². The standard InChI is InChI=1S/C10H8F4N2O/c11-9-3-7(4-15)1-2-8(9)5-16-17-6-10(12,13)14/h1-3,16H,5-6H2. The highest BCUT2D eigenvalue weighted by atomic mass is 19.4. The summed E-state index contributed by atoms with van der Waals surface area (Å²) in [5.41, 5.74) is 2.25. The number of nitrogens with one attached hydrogen (secondary N) is 1. The van der Waals surface area contributed by atoms with Gasteiger partial charge in [-0.2, -0.15) is 23.9 Å². The van der Waals surface area contributed by atoms with Crippen LogP contribution in [0.1, 0.15) is 11.1 Å². The number of nitrogens with zero attached hydrogens (tertiary/aromatic N) is 1. The van der Waals surface area contributed by atoms with Gasteiger partial charge < -0.3 is 0 Å². The van der Waals surface area contributed by atoms with Gasteiger partial charge in [-0.1, -0.05) is 6.07 Å². The topological polar surface area (TPSA) is 45.0 Å². The van der Waals surface area contributed by atoms with E-state index >= 15 is 0 Å². The van der Waals surface area contributed by atoms with Gasteiger partial charge in [-0.05, 0) is 12.1 Å². The van der Waals surface area contributed by atoms with Crippen LogP contribution in [0.15, 0.2) is 18.2 Å². The molecule has 0 bridgehead atoms. The van der Waals surface area contributed by atoms with Gasteiger partial charge in [-0.15, -0.1) is 0 Å². The van der Waals surface area contributed by atoms with Crippen molar-refractivity contribution in [1.82, 2.24) is 5.48 Å². The summed E-state index contributed by atoms with van der Waals surface area (Å²) in [6, 6.07) is 5.41. The Balaban J connectivity index is 2.45. The zero-order valence-electron chi connectivity index (χ0n) is 8.51. The second kappa shape index (κ2) is 5.61. The van der Waals surface area contributed by atoms with Gasteiger partial charge in [0.05, 0.1) is 11.6 Å². The van der Waals surface area contributed by atoms with Gasteiger partial charge >= 0.3 is 6.18 Å². The van der Waals surface area contributed by atoms with Gasteiger partial charge in [0.15, 0.2) is 6.61 Å². The highest BCUT2D eigenvalue weighted by molar-refractivity contribution is 5.32. The zero-order chi connectivity index (χ0) is 12.9. The summed E-state index contributed by atoms with van der Waals surface area (Å²) in [5.74, 6) is -0.674. The highest BCUT2D eigenvalue weighted by Gasteiger charge is 2.27. The lowest BCUT2D eigenvalue weighted by Crippen LogP contribution is -2.24. The average molecular weight is 248 g/mol. The van der Waals surface area contributed by atoms with Gasteiger partial charge in [0.2, 0.25) is 0 Å². The first-order chi connectivity index (χ1) is 7.92. The molecule has 1 aromatic rings. The van der Waals surface area contributed by atoms with E-state index in [-0.39, 0.29) is 17.7 Å². The van der Waals surface area contributed by atoms with Crippen LogP contribution in [0.3, 0.4) is 0 Å². The smallest absolute Gasteiger partial charge is 0.292 e. The lowest BCUT2D eigenvalue weighted by molar-refractivity contribution is -0.190. The number of halogens is 4. The molecule has 1 rings (SSSR count). The summed E-state index contributed by atoms with van der Waals surface area (Å²) >= 11 is 0. The summed E-state index contributed by atoms with van der Waals surface area (Å²) in [6.45, 7) is -1.67. The Morgan fingerprint density at radius 2 is 2.06 bits per heavy atom. The Labute approximate surface area is 94.6 Å². The molecule has 1 N–H and O–H groups in total. The third kappa shape index (κ3) is 4.80. The molecule has 0 aliphatic heterocycles. The molecular weight excluding hydrogens is 240 g/mol. The summed E-state index contributed by atoms with van der Waals surface area (Å²) in [7, 11) is 0. The maximum Gasteiger partial charge on any atom is 0.413 e. The molecule has 0 unspecified atom stereocenters. The number of nitriles is 1. The van der Waals surface area contributed by atoms with Gasteiger partial charge in [-0.3, -0.25) is 4.84 Å². The fourth-order valence-electron chi connectivity index (χ4n) is 1.02. The Morgan fingerprint density at radius 3 is 2.59 bits per heavy atom. The molecule has 92 valence electrons. The Bertz CT molecular complexity index is 425. The first-order valence-electron chi connectivity index (χ1n) is 4.52. The van der Waals surface area contributed by atoms with E-state index in [0.29, 0.717) is 0 Å². The fourth-order valence-corrected chi connectivity index (χ4v) is 1.02. The van der Waals surface area contributed by atoms with Crippen molar-refractivity contribution in [2.24, 2.45) is 0 Å². The van der Waals surface area contributed by atoms with Crippen LogP contribution in [0, 0.1) is 17.1 Å². The molecular formula is C10H8F4N2O. The normalized spacial score (nSPS) is 11.2. The summed E-state index contributed by atoms with van der Waals surface area (Å²) in [5, 5.41) is 8.47. The number of hydrogen-bond donors (Lipinski definition) is 1. The molecule has 3 nitrogen and oxygen atoms in total. The number of alkyl halides is 3. The van der Waals surface area contributed by atoms with Crippen molar-refractivity contribution in [3.05, 3.63) is 35.1 Å². The van der Waals surface area contributed by atoms with Crippen molar-refractivity contribution in [2.45, 2.75) is 12.7 Å². The summed E-state index contributed by atoms with van der Waals surface area (Å²) < 4.78 is 48.3. The predicted molar refractivity (Wildman–Crippen MR) is 50.0 cm³/mol. The zero-order valence-corrected chi connectivity index (χ0v) is 8.51. The predicted octanol–water partition coefficient (Wildman–Crippen LogP) is 2.28. The number of hydrogen-bond acceptors (Lipinski definition) is 3. The van der Waals surface area contributed by atoms with Crippen molar-refractivity contribution in [2.75, 3.05) is 6.61 Å². The van der Waals surface area contributed by atoms with Crippen LogP contribution in [0.4, 0.5) is 17.6 Å². The summed E-state index contributed by atoms with van der Waals surface area (Å²) in [6.07, 6.45) is -4.43. The lowest BCUT2D eigenvalue weighted by Gasteiger charge is -2.09. The van der Waals surface area contributed by atoms with Crippen LogP contribution in [0.2, 0.25) is 0 Å². The molecule has 0 amide bonds. The largest absolute Gasteiger partial charge is 0.413 e. The van der Waals surface area contributed by atoms with Crippen molar-refractivity contribution in [3.63, 3.8) is 0 Å². The SMILES string of the molecule is N#Cc1ccc(CNOCC(F)(F)F)c(F)c1. The Kier molecular flexibility index (Phi) is 4.43. The molecule has 7 heteroatoms. The second-order valence-electron chi connectivity index (χ2n) is 3.14. The van der Waals surface area contributed by atoms with Crippen LogP contribution in [-0.2, 0) is 11.4 Å². The van der Waals surface area contributed by atoms with E-state index in [1.807, 2.05) is 5.48 Å². The molecule has 0 saturated heterocycles. The lowest BCUT2D eigenvalue weighted by atomic mass is 10.1. The molecule has 0 fully saturated rings. The third-order valence-electron chi connectivity index (χ3n) is 1.78. The van der Waals surface area contributed by atoms with Gasteiger partial charge in [0.1, 0.15) is 5.82 Å². The minimum Gasteiger partial charge on any atom is -0.292 e. The van der Waals surface area contributed by atoms with Gasteiger partial charge in [-0.25, -0.2) is 4.39 Å². The monoisotopic (exact) mass is 248 g/mol. The van der Waals surface area contributed by atoms with E-state index in [4.69, 9.17) is 5.26 Å². The maximum absolute atomic E-state index is 13.2. The molecule has 0 saturated carbocycles. The minimum absolute atomic E-state index is 0.117. The number of benzene rings is 1. The van der Waals surface area contributed by atoms with E-state index in [0.717, 1.165) is 6.07 Å². The van der Waals surface area contributed by atoms with E-state index in [1.165, 1.54) is 12.1 Å². The van der Waals surface area contributed by atoms with Gasteiger partial charge in [0.25, 0.3) is 0 Å². The van der Waals surface area contributed by atoms with Crippen molar-refractivity contribution >= 4 is 0 Å². The van der Waals surface area contributed by atoms with E-state index < -0.39 is 18.6 Å². The minimum atomic E-state index is -4.43. The third-order valence-corrected chi connectivity index (χ3v) is 1.78. The van der Waals surface area contributed by atoms with Crippen LogP contribution >= 0.6 is 0 Å². The van der Waals surface area contributed by atoms with E-state index in [9.17, 15) is 17.6 Å². The van der Waals surface area contributed by atoms with Crippen LogP contribution in [0.25, 0.3) is 0 Å². The van der Waals surface area contributed by atoms with Crippen LogP contribution < -0.4 is 5.48 Å². The molecule has 0 radical (unpaired) electrons. The molecule has 17 heavy (non-hydrogen) atoms. The fraction of sp³-hybridized carbons (Fsp3) is 0.300. The summed E-state index contributed by atoms with van der Waals surface area (Å²) in [4.78, 5) is 4.11. The molecule has 0 spiro atoms. The van der Waals surface area contributed by atoms with Crippen LogP contribution in [0.5, 0.6) is 0 Å². The van der Waals surface area contributed by atoms with E-state index in [1.54, 1.807) is 6.07 Å². The van der Waals surface area contributed by atoms with Crippen LogP contribution in [-0.4, -0.2) is 12.8 Å². The van der Waals surface area contributed by atoms with Crippen molar-refractivity contribution in [3.8, 4) is 6.07 Å². The second-order valence-corrected chi connectivity index (χ2v) is 3.14.